The molecular formula is C14H14F2N2O2. The van der Waals surface area contributed by atoms with Gasteiger partial charge in [-0.2, -0.15) is 4.98 Å². The van der Waals surface area contributed by atoms with Crippen LogP contribution >= 0.6 is 0 Å². The second-order valence-corrected chi connectivity index (χ2v) is 4.11. The molecule has 0 radical (unpaired) electrons. The van der Waals surface area contributed by atoms with Gasteiger partial charge in [0, 0.05) is 13.1 Å². The van der Waals surface area contributed by atoms with Gasteiger partial charge in [-0.3, -0.25) is 0 Å². The number of benzene rings is 1. The van der Waals surface area contributed by atoms with Crippen LogP contribution in [0, 0.1) is 18.6 Å². The van der Waals surface area contributed by atoms with E-state index in [1.807, 2.05) is 6.92 Å². The van der Waals surface area contributed by atoms with Crippen molar-refractivity contribution in [1.29, 1.82) is 0 Å². The molecule has 2 rings (SSSR count). The van der Waals surface area contributed by atoms with Gasteiger partial charge in [-0.15, -0.1) is 0 Å². The number of ether oxygens (including phenoxy) is 2. The zero-order valence-corrected chi connectivity index (χ0v) is 11.3. The van der Waals surface area contributed by atoms with Crippen molar-refractivity contribution in [2.75, 3.05) is 19.5 Å². The van der Waals surface area contributed by atoms with E-state index in [1.54, 1.807) is 18.2 Å². The van der Waals surface area contributed by atoms with Crippen LogP contribution in [0.25, 0.3) is 0 Å². The standard InChI is InChI=1S/C14H14F2N2O2/c1-8-4-5-11(12(6-8)19-3)20-14-10(16)7-9(15)13(17-2)18-14/h4-7H,1-3H3,(H,17,18). The normalized spacial score (nSPS) is 10.2. The van der Waals surface area contributed by atoms with E-state index < -0.39 is 11.6 Å². The maximum Gasteiger partial charge on any atom is 0.258 e. The minimum absolute atomic E-state index is 0.0903. The highest BCUT2D eigenvalue weighted by molar-refractivity contribution is 5.46. The second-order valence-electron chi connectivity index (χ2n) is 4.11. The van der Waals surface area contributed by atoms with Gasteiger partial charge < -0.3 is 14.8 Å². The summed E-state index contributed by atoms with van der Waals surface area (Å²) in [7, 11) is 2.97. The Kier molecular flexibility index (Phi) is 4.02. The minimum atomic E-state index is -0.885. The lowest BCUT2D eigenvalue weighted by Crippen LogP contribution is -2.01. The molecule has 1 heterocycles. The Hall–Kier alpha value is -2.37. The topological polar surface area (TPSA) is 43.4 Å². The fourth-order valence-corrected chi connectivity index (χ4v) is 1.66. The van der Waals surface area contributed by atoms with Gasteiger partial charge in [0.1, 0.15) is 0 Å². The SMILES string of the molecule is CNc1nc(Oc2ccc(C)cc2OC)c(F)cc1F. The van der Waals surface area contributed by atoms with E-state index in [9.17, 15) is 8.78 Å². The Bertz CT molecular complexity index is 633. The van der Waals surface area contributed by atoms with Gasteiger partial charge >= 0.3 is 0 Å². The number of anilines is 1. The van der Waals surface area contributed by atoms with E-state index >= 15 is 0 Å². The third kappa shape index (κ3) is 2.79. The molecule has 0 spiro atoms. The summed E-state index contributed by atoms with van der Waals surface area (Å²) in [6, 6.07) is 5.89. The lowest BCUT2D eigenvalue weighted by Gasteiger charge is -2.12. The molecule has 106 valence electrons. The lowest BCUT2D eigenvalue weighted by molar-refractivity contribution is 0.362. The summed E-state index contributed by atoms with van der Waals surface area (Å²) in [5.41, 5.74) is 0.970. The van der Waals surface area contributed by atoms with Crippen LogP contribution in [0.2, 0.25) is 0 Å². The van der Waals surface area contributed by atoms with E-state index in [4.69, 9.17) is 9.47 Å². The van der Waals surface area contributed by atoms with Gasteiger partial charge in [0.05, 0.1) is 7.11 Å². The van der Waals surface area contributed by atoms with Crippen molar-refractivity contribution < 1.29 is 18.3 Å². The Morgan fingerprint density at radius 2 is 1.85 bits per heavy atom. The fraction of sp³-hybridized carbons (Fsp3) is 0.214. The zero-order chi connectivity index (χ0) is 14.7. The molecule has 2 aromatic rings. The summed E-state index contributed by atoms with van der Waals surface area (Å²) < 4.78 is 37.5. The first kappa shape index (κ1) is 14.0. The number of halogens is 2. The van der Waals surface area contributed by atoms with E-state index in [2.05, 4.69) is 10.3 Å². The maximum atomic E-state index is 13.7. The van der Waals surface area contributed by atoms with Crippen molar-refractivity contribution in [3.8, 4) is 17.4 Å². The highest BCUT2D eigenvalue weighted by Gasteiger charge is 2.15. The van der Waals surface area contributed by atoms with E-state index in [-0.39, 0.29) is 11.7 Å². The Balaban J connectivity index is 2.39. The molecule has 0 unspecified atom stereocenters. The zero-order valence-electron chi connectivity index (χ0n) is 11.3. The summed E-state index contributed by atoms with van der Waals surface area (Å²) in [6.07, 6.45) is 0. The molecule has 0 fully saturated rings. The van der Waals surface area contributed by atoms with E-state index in [0.717, 1.165) is 11.6 Å². The quantitative estimate of drug-likeness (QED) is 0.930. The van der Waals surface area contributed by atoms with Crippen molar-refractivity contribution in [2.24, 2.45) is 0 Å². The third-order valence-electron chi connectivity index (χ3n) is 2.66. The summed E-state index contributed by atoms with van der Waals surface area (Å²) in [5, 5.41) is 2.52. The summed E-state index contributed by atoms with van der Waals surface area (Å²) >= 11 is 0. The molecule has 0 saturated heterocycles. The molecular weight excluding hydrogens is 266 g/mol. The average molecular weight is 280 g/mol. The molecule has 0 bridgehead atoms. The van der Waals surface area contributed by atoms with Crippen molar-refractivity contribution in [3.63, 3.8) is 0 Å². The van der Waals surface area contributed by atoms with E-state index in [1.165, 1.54) is 14.2 Å². The molecule has 0 atom stereocenters. The highest BCUT2D eigenvalue weighted by Crippen LogP contribution is 2.33. The molecule has 6 heteroatoms. The Labute approximate surface area is 115 Å². The monoisotopic (exact) mass is 280 g/mol. The van der Waals surface area contributed by atoms with Gasteiger partial charge in [0.15, 0.2) is 29.0 Å². The first-order valence-electron chi connectivity index (χ1n) is 5.91. The fourth-order valence-electron chi connectivity index (χ4n) is 1.66. The van der Waals surface area contributed by atoms with Crippen molar-refractivity contribution in [1.82, 2.24) is 4.98 Å². The summed E-state index contributed by atoms with van der Waals surface area (Å²) in [4.78, 5) is 3.74. The predicted octanol–water partition coefficient (Wildman–Crippen LogP) is 3.51. The maximum absolute atomic E-state index is 13.7. The predicted molar refractivity (Wildman–Crippen MR) is 71.5 cm³/mol. The van der Waals surface area contributed by atoms with Crippen LogP contribution in [0.15, 0.2) is 24.3 Å². The number of hydrogen-bond acceptors (Lipinski definition) is 4. The van der Waals surface area contributed by atoms with E-state index in [0.29, 0.717) is 11.5 Å². The Morgan fingerprint density at radius 1 is 1.10 bits per heavy atom. The third-order valence-corrected chi connectivity index (χ3v) is 2.66. The van der Waals surface area contributed by atoms with Gasteiger partial charge in [-0.25, -0.2) is 8.78 Å². The van der Waals surface area contributed by atoms with Gasteiger partial charge in [0.2, 0.25) is 0 Å². The highest BCUT2D eigenvalue weighted by atomic mass is 19.1. The van der Waals surface area contributed by atoms with Crippen LogP contribution < -0.4 is 14.8 Å². The van der Waals surface area contributed by atoms with Crippen LogP contribution in [0.5, 0.6) is 17.4 Å². The molecule has 20 heavy (non-hydrogen) atoms. The molecule has 4 nitrogen and oxygen atoms in total. The van der Waals surface area contributed by atoms with Gasteiger partial charge in [-0.1, -0.05) is 6.07 Å². The van der Waals surface area contributed by atoms with Crippen molar-refractivity contribution in [2.45, 2.75) is 6.92 Å². The number of aromatic nitrogens is 1. The first-order valence-corrected chi connectivity index (χ1v) is 5.91. The molecule has 0 aliphatic heterocycles. The van der Waals surface area contributed by atoms with Crippen LogP contribution in [0.1, 0.15) is 5.56 Å². The number of pyridine rings is 1. The average Bonchev–Trinajstić information content (AvgIpc) is 2.43. The van der Waals surface area contributed by atoms with Crippen LogP contribution in [-0.4, -0.2) is 19.1 Å². The summed E-state index contributed by atoms with van der Waals surface area (Å²) in [6.45, 7) is 1.89. The van der Waals surface area contributed by atoms with Crippen LogP contribution in [0.4, 0.5) is 14.6 Å². The number of aryl methyl sites for hydroxylation is 1. The van der Waals surface area contributed by atoms with Crippen LogP contribution in [0.3, 0.4) is 0 Å². The number of nitrogens with zero attached hydrogens (tertiary/aromatic N) is 1. The minimum Gasteiger partial charge on any atom is -0.493 e. The molecule has 1 aromatic carbocycles. The van der Waals surface area contributed by atoms with Gasteiger partial charge in [0.25, 0.3) is 5.88 Å². The van der Waals surface area contributed by atoms with Crippen LogP contribution in [-0.2, 0) is 0 Å². The molecule has 0 saturated carbocycles. The number of methoxy groups -OCH3 is 1. The molecule has 0 aliphatic rings. The Morgan fingerprint density at radius 3 is 2.50 bits per heavy atom. The van der Waals surface area contributed by atoms with Gasteiger partial charge in [-0.05, 0) is 24.6 Å². The molecule has 1 aromatic heterocycles. The first-order chi connectivity index (χ1) is 9.55. The lowest BCUT2D eigenvalue weighted by atomic mass is 10.2. The second kappa shape index (κ2) is 5.73. The number of rotatable bonds is 4. The molecule has 1 N–H and O–H groups in total. The smallest absolute Gasteiger partial charge is 0.258 e. The summed E-state index contributed by atoms with van der Waals surface area (Å²) in [5.74, 6) is -1.33. The molecule has 0 amide bonds. The largest absolute Gasteiger partial charge is 0.493 e. The number of nitrogens with one attached hydrogen (secondary N) is 1. The van der Waals surface area contributed by atoms with Crippen molar-refractivity contribution >= 4 is 5.82 Å². The van der Waals surface area contributed by atoms with Crippen molar-refractivity contribution in [3.05, 3.63) is 41.5 Å². The molecule has 0 aliphatic carbocycles. The number of hydrogen-bond donors (Lipinski definition) is 1.